The van der Waals surface area contributed by atoms with Gasteiger partial charge in [-0.1, -0.05) is 121 Å². The van der Waals surface area contributed by atoms with Crippen LogP contribution < -0.4 is 0 Å². The first kappa shape index (κ1) is 25.5. The van der Waals surface area contributed by atoms with Gasteiger partial charge in [-0.05, 0) is 35.4 Å². The number of hydrogen-bond acceptors (Lipinski definition) is 4. The van der Waals surface area contributed by atoms with Gasteiger partial charge in [0.05, 0.1) is 45.3 Å². The SMILES string of the molecule is N#Cc1ccc(-c2nc3ccccc3c3c(-c4ccccc4)cc4nc(-c5ccccc5)c(-c5ccccc5)nc4c23)cc1. The lowest BCUT2D eigenvalue weighted by Gasteiger charge is -2.18. The normalized spacial score (nSPS) is 11.2. The summed E-state index contributed by atoms with van der Waals surface area (Å²) in [6.45, 7) is 0. The molecule has 0 aliphatic carbocycles. The van der Waals surface area contributed by atoms with Gasteiger partial charge in [-0.3, -0.25) is 0 Å². The quantitative estimate of drug-likeness (QED) is 0.201. The van der Waals surface area contributed by atoms with Gasteiger partial charge in [-0.15, -0.1) is 0 Å². The van der Waals surface area contributed by atoms with Crippen molar-refractivity contribution in [2.24, 2.45) is 0 Å². The van der Waals surface area contributed by atoms with Crippen molar-refractivity contribution in [1.82, 2.24) is 15.0 Å². The molecule has 6 aromatic carbocycles. The average molecular weight is 561 g/mol. The highest BCUT2D eigenvalue weighted by molar-refractivity contribution is 6.25. The van der Waals surface area contributed by atoms with Gasteiger partial charge >= 0.3 is 0 Å². The van der Waals surface area contributed by atoms with Crippen LogP contribution in [-0.4, -0.2) is 15.0 Å². The van der Waals surface area contributed by atoms with Gasteiger partial charge in [-0.25, -0.2) is 15.0 Å². The molecule has 4 heteroatoms. The molecule has 0 amide bonds. The highest BCUT2D eigenvalue weighted by Gasteiger charge is 2.22. The van der Waals surface area contributed by atoms with E-state index < -0.39 is 0 Å². The Hall–Kier alpha value is -6.18. The second-order valence-corrected chi connectivity index (χ2v) is 10.7. The van der Waals surface area contributed by atoms with Crippen molar-refractivity contribution < 1.29 is 0 Å². The zero-order valence-electron chi connectivity index (χ0n) is 23.6. The Balaban J connectivity index is 1.60. The van der Waals surface area contributed by atoms with Crippen LogP contribution in [0.3, 0.4) is 0 Å². The number of para-hydroxylation sites is 1. The average Bonchev–Trinajstić information content (AvgIpc) is 3.11. The van der Waals surface area contributed by atoms with Crippen LogP contribution in [0.4, 0.5) is 0 Å². The summed E-state index contributed by atoms with van der Waals surface area (Å²) < 4.78 is 0. The van der Waals surface area contributed by atoms with Gasteiger partial charge in [0.15, 0.2) is 0 Å². The van der Waals surface area contributed by atoms with Crippen LogP contribution in [0.5, 0.6) is 0 Å². The Morgan fingerprint density at radius 2 is 0.955 bits per heavy atom. The summed E-state index contributed by atoms with van der Waals surface area (Å²) >= 11 is 0. The fraction of sp³-hybridized carbons (Fsp3) is 0. The largest absolute Gasteiger partial charge is 0.247 e. The molecule has 44 heavy (non-hydrogen) atoms. The number of pyridine rings is 1. The van der Waals surface area contributed by atoms with Gasteiger partial charge in [0.2, 0.25) is 0 Å². The third kappa shape index (κ3) is 4.27. The van der Waals surface area contributed by atoms with E-state index in [0.29, 0.717) is 5.56 Å². The lowest BCUT2D eigenvalue weighted by molar-refractivity contribution is 1.30. The minimum absolute atomic E-state index is 0.604. The van der Waals surface area contributed by atoms with Crippen LogP contribution in [-0.2, 0) is 0 Å². The molecule has 2 heterocycles. The molecule has 0 atom stereocenters. The molecule has 0 unspecified atom stereocenters. The van der Waals surface area contributed by atoms with Gasteiger partial charge in [0.1, 0.15) is 0 Å². The zero-order chi connectivity index (χ0) is 29.5. The van der Waals surface area contributed by atoms with Crippen molar-refractivity contribution in [3.63, 3.8) is 0 Å². The predicted molar refractivity (Wildman–Crippen MR) is 179 cm³/mol. The van der Waals surface area contributed by atoms with Crippen LogP contribution in [0.15, 0.2) is 146 Å². The molecule has 0 aliphatic rings. The number of hydrogen-bond donors (Lipinski definition) is 0. The van der Waals surface area contributed by atoms with E-state index in [9.17, 15) is 5.26 Å². The molecular formula is C40H24N4. The highest BCUT2D eigenvalue weighted by Crippen LogP contribution is 2.43. The second-order valence-electron chi connectivity index (χ2n) is 10.7. The molecule has 8 aromatic rings. The Bertz CT molecular complexity index is 2360. The van der Waals surface area contributed by atoms with Gasteiger partial charge < -0.3 is 0 Å². The fourth-order valence-corrected chi connectivity index (χ4v) is 6.02. The minimum Gasteiger partial charge on any atom is -0.247 e. The minimum atomic E-state index is 0.604. The zero-order valence-corrected chi connectivity index (χ0v) is 23.6. The first-order valence-electron chi connectivity index (χ1n) is 14.5. The summed E-state index contributed by atoms with van der Waals surface area (Å²) in [4.78, 5) is 16.1. The summed E-state index contributed by atoms with van der Waals surface area (Å²) in [5.74, 6) is 0. The number of nitriles is 1. The summed E-state index contributed by atoms with van der Waals surface area (Å²) in [6.07, 6.45) is 0. The predicted octanol–water partition coefficient (Wildman–Crippen LogP) is 9.87. The maximum atomic E-state index is 9.49. The molecule has 4 nitrogen and oxygen atoms in total. The van der Waals surface area contributed by atoms with Crippen molar-refractivity contribution in [2.75, 3.05) is 0 Å². The van der Waals surface area contributed by atoms with E-state index in [1.807, 2.05) is 72.8 Å². The van der Waals surface area contributed by atoms with Gasteiger partial charge in [-0.2, -0.15) is 5.26 Å². The Morgan fingerprint density at radius 1 is 0.432 bits per heavy atom. The molecule has 204 valence electrons. The molecule has 2 aromatic heterocycles. The van der Waals surface area contributed by atoms with Gasteiger partial charge in [0.25, 0.3) is 0 Å². The number of rotatable bonds is 4. The molecular weight excluding hydrogens is 536 g/mol. The Labute approximate surface area is 254 Å². The Kier molecular flexibility index (Phi) is 6.14. The Morgan fingerprint density at radius 3 is 1.59 bits per heavy atom. The van der Waals surface area contributed by atoms with E-state index >= 15 is 0 Å². The first-order valence-corrected chi connectivity index (χ1v) is 14.5. The number of aromatic nitrogens is 3. The van der Waals surface area contributed by atoms with E-state index in [0.717, 1.165) is 77.6 Å². The molecule has 0 bridgehead atoms. The van der Waals surface area contributed by atoms with Crippen LogP contribution in [0.25, 0.3) is 77.6 Å². The van der Waals surface area contributed by atoms with Crippen LogP contribution in [0, 0.1) is 11.3 Å². The standard InChI is InChI=1S/C40H24N4/c41-25-26-20-22-30(23-21-26)37-36-35(31-18-10-11-19-33(31)42-37)32(27-12-4-1-5-13-27)24-34-40(36)44-39(29-16-8-3-9-17-29)38(43-34)28-14-6-2-7-15-28/h1-24H. The smallest absolute Gasteiger partial charge is 0.0995 e. The highest BCUT2D eigenvalue weighted by atomic mass is 14.8. The van der Waals surface area contributed by atoms with E-state index in [-0.39, 0.29) is 0 Å². The molecule has 0 fully saturated rings. The molecule has 0 radical (unpaired) electrons. The summed E-state index contributed by atoms with van der Waals surface area (Å²) in [5, 5.41) is 12.6. The maximum absolute atomic E-state index is 9.49. The summed E-state index contributed by atoms with van der Waals surface area (Å²) in [5.41, 5.74) is 10.6. The van der Waals surface area contributed by atoms with Crippen molar-refractivity contribution in [2.45, 2.75) is 0 Å². The lowest BCUT2D eigenvalue weighted by atomic mass is 9.91. The molecule has 0 N–H and O–H groups in total. The molecule has 8 rings (SSSR count). The molecule has 0 saturated heterocycles. The lowest BCUT2D eigenvalue weighted by Crippen LogP contribution is -2.00. The maximum Gasteiger partial charge on any atom is 0.0995 e. The van der Waals surface area contributed by atoms with E-state index in [2.05, 4.69) is 78.9 Å². The first-order chi connectivity index (χ1) is 21.8. The second kappa shape index (κ2) is 10.6. The monoisotopic (exact) mass is 560 g/mol. The molecule has 0 saturated carbocycles. The third-order valence-electron chi connectivity index (χ3n) is 8.07. The molecule has 0 aliphatic heterocycles. The van der Waals surface area contributed by atoms with Crippen molar-refractivity contribution in [1.29, 1.82) is 5.26 Å². The van der Waals surface area contributed by atoms with Gasteiger partial charge in [0, 0.05) is 32.8 Å². The van der Waals surface area contributed by atoms with E-state index in [4.69, 9.17) is 15.0 Å². The van der Waals surface area contributed by atoms with E-state index in [1.54, 1.807) is 0 Å². The fourth-order valence-electron chi connectivity index (χ4n) is 6.02. The van der Waals surface area contributed by atoms with E-state index in [1.165, 1.54) is 0 Å². The third-order valence-corrected chi connectivity index (χ3v) is 8.07. The van der Waals surface area contributed by atoms with Crippen molar-refractivity contribution >= 4 is 32.7 Å². The topological polar surface area (TPSA) is 62.5 Å². The van der Waals surface area contributed by atoms with Crippen LogP contribution in [0.2, 0.25) is 0 Å². The van der Waals surface area contributed by atoms with Crippen molar-refractivity contribution in [3.8, 4) is 51.0 Å². The van der Waals surface area contributed by atoms with Crippen molar-refractivity contribution in [3.05, 3.63) is 151 Å². The number of benzene rings is 6. The summed E-state index contributed by atoms with van der Waals surface area (Å²) in [6, 6.07) is 51.2. The van der Waals surface area contributed by atoms with Crippen LogP contribution >= 0.6 is 0 Å². The number of fused-ring (bicyclic) bond motifs is 5. The van der Waals surface area contributed by atoms with Crippen LogP contribution in [0.1, 0.15) is 5.56 Å². The number of nitrogens with zero attached hydrogens (tertiary/aromatic N) is 4. The summed E-state index contributed by atoms with van der Waals surface area (Å²) in [7, 11) is 0. The molecule has 0 spiro atoms.